The van der Waals surface area contributed by atoms with Gasteiger partial charge in [-0.25, -0.2) is 23.8 Å². The predicted molar refractivity (Wildman–Crippen MR) is 161 cm³/mol. The Morgan fingerprint density at radius 2 is 1.96 bits per heavy atom. The van der Waals surface area contributed by atoms with Gasteiger partial charge in [0, 0.05) is 24.7 Å². The molecule has 11 nitrogen and oxygen atoms in total. The van der Waals surface area contributed by atoms with E-state index in [1.54, 1.807) is 18.3 Å². The van der Waals surface area contributed by atoms with Gasteiger partial charge in [-0.1, -0.05) is 48.0 Å². The molecule has 0 fully saturated rings. The molecule has 2 amide bonds. The van der Waals surface area contributed by atoms with Gasteiger partial charge in [-0.15, -0.1) is 5.10 Å². The summed E-state index contributed by atoms with van der Waals surface area (Å²) in [6.45, 7) is 0.388. The van der Waals surface area contributed by atoms with Crippen molar-refractivity contribution < 1.29 is 31.9 Å². The number of aromatic nitrogens is 4. The summed E-state index contributed by atoms with van der Waals surface area (Å²) in [5.41, 5.74) is 0.482. The molecule has 1 unspecified atom stereocenters. The van der Waals surface area contributed by atoms with Gasteiger partial charge < -0.3 is 20.7 Å². The van der Waals surface area contributed by atoms with E-state index < -0.39 is 35.9 Å². The maximum absolute atomic E-state index is 13.7. The van der Waals surface area contributed by atoms with Gasteiger partial charge in [0.2, 0.25) is 5.91 Å². The number of nitrogens with one attached hydrogen (secondary N) is 4. The van der Waals surface area contributed by atoms with Crippen molar-refractivity contribution in [1.82, 2.24) is 35.7 Å². The third-order valence-corrected chi connectivity index (χ3v) is 7.75. The Kier molecular flexibility index (Phi) is 10.7. The molecule has 244 valence electrons. The first-order chi connectivity index (χ1) is 22.1. The number of halogens is 5. The molecule has 1 aliphatic rings. The average molecular weight is 663 g/mol. The number of ether oxygens (including phenoxy) is 1. The first-order valence-corrected chi connectivity index (χ1v) is 14.9. The number of hydrogen-bond acceptors (Lipinski definition) is 8. The number of anilines is 1. The third-order valence-electron chi connectivity index (χ3n) is 7.33. The van der Waals surface area contributed by atoms with E-state index in [1.165, 1.54) is 16.8 Å². The molecule has 0 spiro atoms. The van der Waals surface area contributed by atoms with Crippen molar-refractivity contribution in [1.29, 1.82) is 0 Å². The number of amides is 2. The monoisotopic (exact) mass is 662 g/mol. The van der Waals surface area contributed by atoms with Gasteiger partial charge in [-0.05, 0) is 42.3 Å². The van der Waals surface area contributed by atoms with Gasteiger partial charge in [-0.2, -0.15) is 13.2 Å². The summed E-state index contributed by atoms with van der Waals surface area (Å²) in [6, 6.07) is 12.6. The first kappa shape index (κ1) is 33.0. The third kappa shape index (κ3) is 8.68. The molecule has 0 radical (unpaired) electrons. The largest absolute Gasteiger partial charge is 0.453 e. The molecule has 5 rings (SSSR count). The van der Waals surface area contributed by atoms with Crippen LogP contribution in [-0.4, -0.2) is 57.5 Å². The minimum Gasteiger partial charge on any atom is -0.447 e. The van der Waals surface area contributed by atoms with Gasteiger partial charge in [-0.3, -0.25) is 10.1 Å². The number of rotatable bonds is 12. The highest BCUT2D eigenvalue weighted by Crippen LogP contribution is 2.29. The Bertz CT molecular complexity index is 1690. The van der Waals surface area contributed by atoms with Gasteiger partial charge in [0.1, 0.15) is 24.1 Å². The van der Waals surface area contributed by atoms with Crippen LogP contribution in [0.15, 0.2) is 54.7 Å². The van der Waals surface area contributed by atoms with Gasteiger partial charge in [0.05, 0.1) is 30.2 Å². The summed E-state index contributed by atoms with van der Waals surface area (Å²) >= 11 is 5.98. The quantitative estimate of drug-likeness (QED) is 0.156. The first-order valence-electron chi connectivity index (χ1n) is 14.5. The Labute approximate surface area is 266 Å². The Morgan fingerprint density at radius 1 is 1.15 bits per heavy atom. The zero-order chi connectivity index (χ0) is 32.7. The normalized spacial score (nSPS) is 15.3. The maximum Gasteiger partial charge on any atom is 0.453 e. The second-order valence-corrected chi connectivity index (χ2v) is 11.1. The van der Waals surface area contributed by atoms with Crippen molar-refractivity contribution in [3.63, 3.8) is 0 Å². The summed E-state index contributed by atoms with van der Waals surface area (Å²) in [7, 11) is 0. The highest BCUT2D eigenvalue weighted by atomic mass is 35.5. The van der Waals surface area contributed by atoms with E-state index in [4.69, 9.17) is 16.3 Å². The van der Waals surface area contributed by atoms with E-state index >= 15 is 0 Å². The zero-order valence-corrected chi connectivity index (χ0v) is 25.2. The lowest BCUT2D eigenvalue weighted by molar-refractivity contribution is -0.145. The van der Waals surface area contributed by atoms with Crippen molar-refractivity contribution in [2.24, 2.45) is 0 Å². The zero-order valence-electron chi connectivity index (χ0n) is 24.4. The minimum atomic E-state index is -4.65. The Morgan fingerprint density at radius 3 is 2.76 bits per heavy atom. The van der Waals surface area contributed by atoms with Crippen LogP contribution in [-0.2, 0) is 28.8 Å². The molecule has 2 atom stereocenters. The molecule has 0 saturated heterocycles. The molecule has 0 aliphatic carbocycles. The van der Waals surface area contributed by atoms with Crippen molar-refractivity contribution in [3.05, 3.63) is 82.8 Å². The van der Waals surface area contributed by atoms with Crippen LogP contribution in [0.25, 0.3) is 10.8 Å². The van der Waals surface area contributed by atoms with Crippen molar-refractivity contribution in [3.8, 4) is 0 Å². The fourth-order valence-electron chi connectivity index (χ4n) is 5.09. The summed E-state index contributed by atoms with van der Waals surface area (Å²) < 4.78 is 60.0. The molecule has 16 heteroatoms. The molecule has 0 bridgehead atoms. The SMILES string of the molecule is O=C(CNCc1cccc(F)c1Cl)N[C@@H](CCCC1CNCc2nc(C(F)(F)F)nn21)COC(=O)Nc1cc2ccccc2cn1. The van der Waals surface area contributed by atoms with Crippen LogP contribution in [0.5, 0.6) is 0 Å². The van der Waals surface area contributed by atoms with Crippen LogP contribution in [0.4, 0.5) is 28.2 Å². The molecule has 1 aliphatic heterocycles. The fraction of sp³-hybridized carbons (Fsp3) is 0.367. The molecule has 4 N–H and O–H groups in total. The number of carbonyl (C=O) groups is 2. The Hall–Kier alpha value is -4.34. The topological polar surface area (TPSA) is 135 Å². The van der Waals surface area contributed by atoms with Crippen molar-refractivity contribution in [2.45, 2.75) is 50.6 Å². The van der Waals surface area contributed by atoms with E-state index in [2.05, 4.69) is 36.3 Å². The van der Waals surface area contributed by atoms with Gasteiger partial charge >= 0.3 is 12.3 Å². The highest BCUT2D eigenvalue weighted by molar-refractivity contribution is 6.31. The highest BCUT2D eigenvalue weighted by Gasteiger charge is 2.38. The number of hydrogen-bond donors (Lipinski definition) is 4. The van der Waals surface area contributed by atoms with Crippen molar-refractivity contribution >= 4 is 40.2 Å². The van der Waals surface area contributed by atoms with Crippen LogP contribution in [0, 0.1) is 5.82 Å². The molecular formula is C30H31ClF4N8O3. The van der Waals surface area contributed by atoms with E-state index in [0.717, 1.165) is 10.8 Å². The smallest absolute Gasteiger partial charge is 0.447 e. The lowest BCUT2D eigenvalue weighted by atomic mass is 10.0. The molecule has 0 saturated carbocycles. The fourth-order valence-corrected chi connectivity index (χ4v) is 5.28. The minimum absolute atomic E-state index is 0.0382. The van der Waals surface area contributed by atoms with Crippen LogP contribution in [0.3, 0.4) is 0 Å². The van der Waals surface area contributed by atoms with Gasteiger partial charge in [0.25, 0.3) is 5.82 Å². The van der Waals surface area contributed by atoms with E-state index in [1.807, 2.05) is 24.3 Å². The molecule has 4 aromatic rings. The maximum atomic E-state index is 13.7. The van der Waals surface area contributed by atoms with Crippen molar-refractivity contribution in [2.75, 3.05) is 25.0 Å². The summed E-state index contributed by atoms with van der Waals surface area (Å²) in [5, 5.41) is 16.8. The van der Waals surface area contributed by atoms with E-state index in [9.17, 15) is 27.2 Å². The summed E-state index contributed by atoms with van der Waals surface area (Å²) in [4.78, 5) is 33.2. The number of pyridine rings is 1. The molecule has 2 aromatic heterocycles. The Balaban J connectivity index is 1.18. The molecular weight excluding hydrogens is 632 g/mol. The van der Waals surface area contributed by atoms with Gasteiger partial charge in [0.15, 0.2) is 0 Å². The van der Waals surface area contributed by atoms with Crippen LogP contribution in [0.1, 0.15) is 42.5 Å². The second kappa shape index (κ2) is 14.8. The summed E-state index contributed by atoms with van der Waals surface area (Å²) in [5.74, 6) is -1.68. The standard InChI is InChI=1S/C30H31ClF4N8O3/c31-27-20(7-3-10-23(27)32)12-36-16-26(44)39-21(17-46-29(45)40-24-11-18-5-1-2-6-19(18)13-38-24)8-4-9-22-14-37-15-25-41-28(30(33,34)35)42-43(22)25/h1-3,5-7,10-11,13,21-22,36-37H,4,8-9,12,14-17H2,(H,39,44)(H,38,40,45)/t21-,22?/m0/s1. The number of nitrogens with zero attached hydrogens (tertiary/aromatic N) is 4. The number of fused-ring (bicyclic) bond motifs is 2. The van der Waals surface area contributed by atoms with Crippen LogP contribution < -0.4 is 21.3 Å². The summed E-state index contributed by atoms with van der Waals surface area (Å²) in [6.07, 6.45) is -2.58. The number of carbonyl (C=O) groups excluding carboxylic acids is 2. The van der Waals surface area contributed by atoms with E-state index in [-0.39, 0.29) is 48.9 Å². The lowest BCUT2D eigenvalue weighted by Gasteiger charge is -2.25. The van der Waals surface area contributed by atoms with Crippen LogP contribution >= 0.6 is 11.6 Å². The average Bonchev–Trinajstić information content (AvgIpc) is 3.48. The lowest BCUT2D eigenvalue weighted by Crippen LogP contribution is -2.43. The van der Waals surface area contributed by atoms with Crippen LogP contribution in [0.2, 0.25) is 5.02 Å². The molecule has 2 aromatic carbocycles. The molecule has 46 heavy (non-hydrogen) atoms. The predicted octanol–water partition coefficient (Wildman–Crippen LogP) is 4.98. The second-order valence-electron chi connectivity index (χ2n) is 10.7. The number of benzene rings is 2. The van der Waals surface area contributed by atoms with E-state index in [0.29, 0.717) is 31.4 Å². The molecule has 3 heterocycles. The number of alkyl halides is 3.